The van der Waals surface area contributed by atoms with Gasteiger partial charge in [-0.2, -0.15) is 5.10 Å². The van der Waals surface area contributed by atoms with Crippen LogP contribution in [0.2, 0.25) is 0 Å². The third kappa shape index (κ3) is 3.81. The minimum absolute atomic E-state index is 0.238. The van der Waals surface area contributed by atoms with Gasteiger partial charge in [-0.15, -0.1) is 0 Å². The zero-order valence-electron chi connectivity index (χ0n) is 13.3. The van der Waals surface area contributed by atoms with Crippen molar-refractivity contribution in [3.63, 3.8) is 0 Å². The average molecular weight is 353 g/mol. The number of aryl methyl sites for hydroxylation is 1. The molecule has 3 rings (SSSR count). The van der Waals surface area contributed by atoms with Crippen molar-refractivity contribution < 1.29 is 9.59 Å². The molecule has 1 heterocycles. The smallest absolute Gasteiger partial charge is 0.270 e. The summed E-state index contributed by atoms with van der Waals surface area (Å²) < 4.78 is 1.58. The second-order valence-corrected chi connectivity index (χ2v) is 5.71. The first kappa shape index (κ1) is 16.6. The van der Waals surface area contributed by atoms with Crippen LogP contribution < -0.4 is 10.7 Å². The number of anilines is 1. The van der Waals surface area contributed by atoms with Crippen molar-refractivity contribution >= 4 is 29.7 Å². The number of hydrogen-bond acceptors (Lipinski definition) is 4. The molecule has 0 radical (unpaired) electrons. The Morgan fingerprint density at radius 2 is 1.84 bits per heavy atom. The lowest BCUT2D eigenvalue weighted by Crippen LogP contribution is -2.22. The zero-order valence-corrected chi connectivity index (χ0v) is 14.1. The lowest BCUT2D eigenvalue weighted by Gasteiger charge is -2.11. The van der Waals surface area contributed by atoms with Crippen LogP contribution in [0.1, 0.15) is 26.3 Å². The molecular weight excluding hydrogens is 338 g/mol. The van der Waals surface area contributed by atoms with Crippen LogP contribution in [-0.2, 0) is 0 Å². The molecule has 0 unspecified atom stereocenters. The molecule has 25 heavy (non-hydrogen) atoms. The lowest BCUT2D eigenvalue weighted by atomic mass is 10.1. The number of carbonyl (C=O) groups excluding carboxylic acids is 2. The topological polar surface area (TPSA) is 91.8 Å². The summed E-state index contributed by atoms with van der Waals surface area (Å²) in [5.74, 6) is -0.606. The highest BCUT2D eigenvalue weighted by Gasteiger charge is 2.12. The van der Waals surface area contributed by atoms with Crippen molar-refractivity contribution in [2.45, 2.75) is 6.92 Å². The number of nitrogens with zero attached hydrogens (tertiary/aromatic N) is 2. The van der Waals surface area contributed by atoms with E-state index < -0.39 is 0 Å². The van der Waals surface area contributed by atoms with Crippen molar-refractivity contribution in [2.75, 3.05) is 10.7 Å². The van der Waals surface area contributed by atoms with Gasteiger partial charge >= 0.3 is 0 Å². The van der Waals surface area contributed by atoms with Crippen LogP contribution in [-0.4, -0.2) is 26.7 Å². The second kappa shape index (κ2) is 7.10. The van der Waals surface area contributed by atoms with Crippen molar-refractivity contribution in [1.82, 2.24) is 14.9 Å². The molecule has 3 N–H and O–H groups in total. The van der Waals surface area contributed by atoms with Crippen LogP contribution in [0.5, 0.6) is 0 Å². The molecule has 2 amide bonds. The number of aromatic nitrogens is 3. The first-order valence-corrected chi connectivity index (χ1v) is 7.86. The number of rotatable bonds is 4. The minimum atomic E-state index is -0.368. The molecule has 0 aliphatic carbocycles. The zero-order chi connectivity index (χ0) is 17.8. The van der Waals surface area contributed by atoms with Crippen molar-refractivity contribution in [3.05, 3.63) is 76.3 Å². The Morgan fingerprint density at radius 3 is 2.52 bits per heavy atom. The van der Waals surface area contributed by atoms with E-state index in [4.69, 9.17) is 12.2 Å². The van der Waals surface area contributed by atoms with Gasteiger partial charge in [-0.3, -0.25) is 20.1 Å². The van der Waals surface area contributed by atoms with Gasteiger partial charge in [-0.1, -0.05) is 24.3 Å². The predicted molar refractivity (Wildman–Crippen MR) is 96.7 cm³/mol. The summed E-state index contributed by atoms with van der Waals surface area (Å²) in [7, 11) is 0. The van der Waals surface area contributed by atoms with Crippen molar-refractivity contribution in [2.24, 2.45) is 0 Å². The van der Waals surface area contributed by atoms with Gasteiger partial charge in [-0.05, 0) is 49.0 Å². The molecule has 7 nitrogen and oxygen atoms in total. The summed E-state index contributed by atoms with van der Waals surface area (Å²) in [5, 5.41) is 9.11. The Kier molecular flexibility index (Phi) is 4.71. The van der Waals surface area contributed by atoms with Crippen LogP contribution in [0, 0.1) is 11.7 Å². The maximum absolute atomic E-state index is 12.4. The van der Waals surface area contributed by atoms with Crippen molar-refractivity contribution in [3.8, 4) is 0 Å². The van der Waals surface area contributed by atoms with Gasteiger partial charge in [0.1, 0.15) is 6.33 Å². The van der Waals surface area contributed by atoms with Gasteiger partial charge in [0.05, 0.1) is 0 Å². The summed E-state index contributed by atoms with van der Waals surface area (Å²) in [6.07, 6.45) is 1.37. The molecule has 3 aromatic rings. The largest absolute Gasteiger partial charge is 0.322 e. The first-order valence-electron chi connectivity index (χ1n) is 7.45. The van der Waals surface area contributed by atoms with E-state index in [2.05, 4.69) is 20.9 Å². The molecule has 0 atom stereocenters. The van der Waals surface area contributed by atoms with Crippen LogP contribution in [0.25, 0.3) is 0 Å². The Bertz CT molecular complexity index is 978. The molecule has 2 aromatic carbocycles. The van der Waals surface area contributed by atoms with E-state index in [0.717, 1.165) is 5.56 Å². The van der Waals surface area contributed by atoms with Crippen LogP contribution >= 0.6 is 12.2 Å². The van der Waals surface area contributed by atoms with Gasteiger partial charge < -0.3 is 5.32 Å². The van der Waals surface area contributed by atoms with Crippen LogP contribution in [0.4, 0.5) is 5.69 Å². The number of nitrogens with one attached hydrogen (secondary N) is 3. The predicted octanol–water partition coefficient (Wildman–Crippen LogP) is 2.89. The number of amides is 2. The van der Waals surface area contributed by atoms with Gasteiger partial charge in [0.2, 0.25) is 4.77 Å². The Morgan fingerprint density at radius 1 is 1.08 bits per heavy atom. The standard InChI is InChI=1S/C17H15N5O2S/c1-11-7-8-13(16(24)21-22-10-18-20-17(22)25)9-14(11)19-15(23)12-5-3-2-4-6-12/h2-10H,1H3,(H,19,23)(H,20,25)(H,21,24). The van der Waals surface area contributed by atoms with E-state index in [0.29, 0.717) is 16.8 Å². The summed E-state index contributed by atoms with van der Waals surface area (Å²) in [5.41, 5.74) is 4.95. The molecule has 0 aliphatic heterocycles. The van der Waals surface area contributed by atoms with E-state index >= 15 is 0 Å². The third-order valence-corrected chi connectivity index (χ3v) is 3.85. The highest BCUT2D eigenvalue weighted by atomic mass is 32.1. The fourth-order valence-corrected chi connectivity index (χ4v) is 2.33. The van der Waals surface area contributed by atoms with Gasteiger partial charge in [0.15, 0.2) is 0 Å². The summed E-state index contributed by atoms with van der Waals surface area (Å²) in [4.78, 5) is 24.7. The van der Waals surface area contributed by atoms with Gasteiger partial charge in [0, 0.05) is 16.8 Å². The van der Waals surface area contributed by atoms with E-state index in [1.807, 2.05) is 13.0 Å². The highest BCUT2D eigenvalue weighted by Crippen LogP contribution is 2.18. The summed E-state index contributed by atoms with van der Waals surface area (Å²) in [6, 6.07) is 13.9. The lowest BCUT2D eigenvalue weighted by molar-refractivity contribution is 0.100. The quantitative estimate of drug-likeness (QED) is 0.629. The molecular formula is C17H15N5O2S. The number of benzene rings is 2. The van der Waals surface area contributed by atoms with E-state index in [1.165, 1.54) is 11.0 Å². The molecule has 0 bridgehead atoms. The van der Waals surface area contributed by atoms with Crippen molar-refractivity contribution in [1.29, 1.82) is 0 Å². The van der Waals surface area contributed by atoms with E-state index in [1.54, 1.807) is 42.5 Å². The maximum atomic E-state index is 12.4. The van der Waals surface area contributed by atoms with Crippen LogP contribution in [0.3, 0.4) is 0 Å². The Hall–Kier alpha value is -3.26. The molecule has 8 heteroatoms. The molecule has 0 saturated heterocycles. The third-order valence-electron chi connectivity index (χ3n) is 3.56. The van der Waals surface area contributed by atoms with Crippen LogP contribution in [0.15, 0.2) is 54.9 Å². The Labute approximate surface area is 148 Å². The van der Waals surface area contributed by atoms with E-state index in [-0.39, 0.29) is 16.6 Å². The molecule has 0 spiro atoms. The fourth-order valence-electron chi connectivity index (χ4n) is 2.18. The average Bonchev–Trinajstić information content (AvgIpc) is 3.02. The number of aromatic amines is 1. The second-order valence-electron chi connectivity index (χ2n) is 5.32. The molecule has 1 aromatic heterocycles. The summed E-state index contributed by atoms with van der Waals surface area (Å²) >= 11 is 4.98. The minimum Gasteiger partial charge on any atom is -0.322 e. The number of carbonyl (C=O) groups is 2. The maximum Gasteiger partial charge on any atom is 0.270 e. The monoisotopic (exact) mass is 353 g/mol. The number of H-pyrrole nitrogens is 1. The normalized spacial score (nSPS) is 10.3. The SMILES string of the molecule is Cc1ccc(C(=O)Nn2cn[nH]c2=S)cc1NC(=O)c1ccccc1. The first-order chi connectivity index (χ1) is 12.0. The fraction of sp³-hybridized carbons (Fsp3) is 0.0588. The molecule has 126 valence electrons. The summed E-state index contributed by atoms with van der Waals surface area (Å²) in [6.45, 7) is 1.86. The Balaban J connectivity index is 1.80. The van der Waals surface area contributed by atoms with Gasteiger partial charge in [-0.25, -0.2) is 4.68 Å². The van der Waals surface area contributed by atoms with E-state index in [9.17, 15) is 9.59 Å². The molecule has 0 saturated carbocycles. The molecule has 0 aliphatic rings. The number of hydrogen-bond donors (Lipinski definition) is 3. The highest BCUT2D eigenvalue weighted by molar-refractivity contribution is 7.71. The molecule has 0 fully saturated rings. The van der Waals surface area contributed by atoms with Gasteiger partial charge in [0.25, 0.3) is 11.8 Å².